The lowest BCUT2D eigenvalue weighted by Crippen LogP contribution is -2.53. The summed E-state index contributed by atoms with van der Waals surface area (Å²) in [4.78, 5) is 29.4. The van der Waals surface area contributed by atoms with Crippen LogP contribution in [-0.2, 0) is 0 Å². The average molecular weight is 638 g/mol. The van der Waals surface area contributed by atoms with Crippen LogP contribution in [0.15, 0.2) is 72.8 Å². The number of hydrogen-bond donors (Lipinski definition) is 1. The van der Waals surface area contributed by atoms with Crippen molar-refractivity contribution >= 4 is 28.4 Å². The van der Waals surface area contributed by atoms with Gasteiger partial charge in [0.1, 0.15) is 5.82 Å². The van der Waals surface area contributed by atoms with Crippen LogP contribution in [0.5, 0.6) is 0 Å². The zero-order valence-electron chi connectivity index (χ0n) is 27.9. The number of nitrogens with zero attached hydrogens (tertiary/aromatic N) is 6. The van der Waals surface area contributed by atoms with Crippen molar-refractivity contribution in [3.63, 3.8) is 0 Å². The minimum Gasteiger partial charge on any atom is -0.399 e. The molecule has 3 aromatic carbocycles. The van der Waals surface area contributed by atoms with Crippen molar-refractivity contribution in [3.8, 4) is 0 Å². The third-order valence-corrected chi connectivity index (χ3v) is 8.18. The van der Waals surface area contributed by atoms with Crippen LogP contribution in [0.1, 0.15) is 41.5 Å². The standard InChI is InChI=1S/C14H21N3O2.C14H23N3.C6H4FNO2/c1-14(2,3)16-10-8-15(9-11-16)12-4-6-13(7-5-12)17(18)19;1-14(2,3)17-10-8-16(9-11-17)13-6-4-12(15)5-7-13;7-5-1-3-6(4-2-5)8(9)10/h4-7H,8-11H2,1-3H3;4-7H,8-11,15H2,1-3H3;1-4H. The predicted molar refractivity (Wildman–Crippen MR) is 184 cm³/mol. The number of rotatable bonds is 4. The Balaban J connectivity index is 0.000000197. The zero-order valence-corrected chi connectivity index (χ0v) is 27.9. The van der Waals surface area contributed by atoms with Gasteiger partial charge in [0.15, 0.2) is 0 Å². The number of nitro benzene ring substituents is 2. The second-order valence-electron chi connectivity index (χ2n) is 13.4. The molecule has 0 unspecified atom stereocenters. The number of nitrogen functional groups attached to an aromatic ring is 1. The molecule has 0 bridgehead atoms. The van der Waals surface area contributed by atoms with Crippen molar-refractivity contribution in [2.75, 3.05) is 67.9 Å². The summed E-state index contributed by atoms with van der Waals surface area (Å²) in [6.45, 7) is 22.0. The highest BCUT2D eigenvalue weighted by Crippen LogP contribution is 2.24. The molecule has 0 amide bonds. The molecule has 3 aromatic rings. The molecule has 46 heavy (non-hydrogen) atoms. The molecular weight excluding hydrogens is 589 g/mol. The monoisotopic (exact) mass is 637 g/mol. The lowest BCUT2D eigenvalue weighted by Gasteiger charge is -2.43. The largest absolute Gasteiger partial charge is 0.399 e. The van der Waals surface area contributed by atoms with Gasteiger partial charge in [-0.05, 0) is 90.1 Å². The van der Waals surface area contributed by atoms with Gasteiger partial charge in [-0.3, -0.25) is 30.0 Å². The second-order valence-corrected chi connectivity index (χ2v) is 13.4. The molecule has 5 rings (SSSR count). The molecule has 0 spiro atoms. The van der Waals surface area contributed by atoms with Crippen LogP contribution in [0.25, 0.3) is 0 Å². The lowest BCUT2D eigenvalue weighted by atomic mass is 10.0. The first-order valence-corrected chi connectivity index (χ1v) is 15.5. The average Bonchev–Trinajstić information content (AvgIpc) is 3.02. The van der Waals surface area contributed by atoms with E-state index in [1.54, 1.807) is 12.1 Å². The van der Waals surface area contributed by atoms with E-state index in [4.69, 9.17) is 5.73 Å². The Morgan fingerprint density at radius 3 is 1.17 bits per heavy atom. The van der Waals surface area contributed by atoms with Crippen molar-refractivity contribution in [1.82, 2.24) is 9.80 Å². The SMILES string of the molecule is CC(C)(C)N1CCN(c2ccc(N)cc2)CC1.CC(C)(C)N1CCN(c2ccc([N+](=O)[O-])cc2)CC1.O=[N+]([O-])c1ccc(F)cc1. The second kappa shape index (κ2) is 15.8. The summed E-state index contributed by atoms with van der Waals surface area (Å²) >= 11 is 0. The van der Waals surface area contributed by atoms with E-state index < -0.39 is 10.7 Å². The van der Waals surface area contributed by atoms with E-state index in [-0.39, 0.29) is 27.4 Å². The molecule has 2 saturated heterocycles. The van der Waals surface area contributed by atoms with Crippen LogP contribution >= 0.6 is 0 Å². The quantitative estimate of drug-likeness (QED) is 0.195. The number of hydrogen-bond acceptors (Lipinski definition) is 9. The molecule has 2 heterocycles. The Morgan fingerprint density at radius 1 is 0.565 bits per heavy atom. The molecule has 0 atom stereocenters. The normalized spacial score (nSPS) is 16.1. The Hall–Kier alpha value is -4.29. The number of nitrogens with two attached hydrogens (primary N) is 1. The molecule has 11 nitrogen and oxygen atoms in total. The number of benzene rings is 3. The fourth-order valence-electron chi connectivity index (χ4n) is 5.30. The molecule has 0 radical (unpaired) electrons. The first-order chi connectivity index (χ1) is 21.5. The molecule has 0 aromatic heterocycles. The topological polar surface area (TPSA) is 125 Å². The van der Waals surface area contributed by atoms with E-state index in [1.165, 1.54) is 5.69 Å². The maximum absolute atomic E-state index is 12.1. The summed E-state index contributed by atoms with van der Waals surface area (Å²) in [6.07, 6.45) is 0. The van der Waals surface area contributed by atoms with Gasteiger partial charge in [-0.25, -0.2) is 4.39 Å². The number of anilines is 3. The summed E-state index contributed by atoms with van der Waals surface area (Å²) in [5.41, 5.74) is 9.45. The van der Waals surface area contributed by atoms with Gasteiger partial charge in [0, 0.05) is 105 Å². The van der Waals surface area contributed by atoms with E-state index in [0.717, 1.165) is 88.0 Å². The van der Waals surface area contributed by atoms with Gasteiger partial charge in [0.2, 0.25) is 0 Å². The van der Waals surface area contributed by atoms with Gasteiger partial charge in [-0.15, -0.1) is 0 Å². The Labute approximate surface area is 271 Å². The Bertz CT molecular complexity index is 1390. The van der Waals surface area contributed by atoms with E-state index in [1.807, 2.05) is 24.3 Å². The van der Waals surface area contributed by atoms with E-state index in [9.17, 15) is 24.6 Å². The summed E-state index contributed by atoms with van der Waals surface area (Å²) in [5, 5.41) is 20.6. The van der Waals surface area contributed by atoms with Gasteiger partial charge >= 0.3 is 0 Å². The highest BCUT2D eigenvalue weighted by molar-refractivity contribution is 5.53. The predicted octanol–water partition coefficient (Wildman–Crippen LogP) is 6.44. The summed E-state index contributed by atoms with van der Waals surface area (Å²) < 4.78 is 12.1. The van der Waals surface area contributed by atoms with Gasteiger partial charge in [0.05, 0.1) is 9.85 Å². The minimum absolute atomic E-state index is 0.0959. The Morgan fingerprint density at radius 2 is 0.870 bits per heavy atom. The van der Waals surface area contributed by atoms with Crippen molar-refractivity contribution in [1.29, 1.82) is 0 Å². The van der Waals surface area contributed by atoms with E-state index in [0.29, 0.717) is 0 Å². The Kier molecular flexibility index (Phi) is 12.4. The van der Waals surface area contributed by atoms with Crippen LogP contribution in [0, 0.1) is 26.0 Å². The maximum atomic E-state index is 12.1. The highest BCUT2D eigenvalue weighted by Gasteiger charge is 2.27. The van der Waals surface area contributed by atoms with Crippen molar-refractivity contribution in [2.24, 2.45) is 0 Å². The molecule has 2 aliphatic heterocycles. The third-order valence-electron chi connectivity index (χ3n) is 8.18. The fourth-order valence-corrected chi connectivity index (χ4v) is 5.30. The number of halogens is 1. The van der Waals surface area contributed by atoms with Crippen molar-refractivity contribution < 1.29 is 14.2 Å². The summed E-state index contributed by atoms with van der Waals surface area (Å²) in [5.74, 6) is -0.467. The van der Waals surface area contributed by atoms with Crippen molar-refractivity contribution in [2.45, 2.75) is 52.6 Å². The molecular formula is C34H48FN7O4. The third kappa shape index (κ3) is 11.0. The molecule has 2 fully saturated rings. The van der Waals surface area contributed by atoms with Gasteiger partial charge < -0.3 is 15.5 Å². The summed E-state index contributed by atoms with van der Waals surface area (Å²) in [6, 6.07) is 19.4. The van der Waals surface area contributed by atoms with Crippen LogP contribution in [0.3, 0.4) is 0 Å². The molecule has 0 aliphatic carbocycles. The highest BCUT2D eigenvalue weighted by atomic mass is 19.1. The number of piperazine rings is 2. The lowest BCUT2D eigenvalue weighted by molar-refractivity contribution is -0.385. The number of nitro groups is 2. The van der Waals surface area contributed by atoms with Crippen LogP contribution in [0.2, 0.25) is 0 Å². The molecule has 250 valence electrons. The van der Waals surface area contributed by atoms with Crippen LogP contribution in [0.4, 0.5) is 32.8 Å². The molecule has 12 heteroatoms. The molecule has 2 aliphatic rings. The first-order valence-electron chi connectivity index (χ1n) is 15.5. The van der Waals surface area contributed by atoms with Crippen molar-refractivity contribution in [3.05, 3.63) is 98.8 Å². The number of non-ortho nitro benzene ring substituents is 2. The smallest absolute Gasteiger partial charge is 0.269 e. The summed E-state index contributed by atoms with van der Waals surface area (Å²) in [7, 11) is 0. The van der Waals surface area contributed by atoms with Gasteiger partial charge in [0.25, 0.3) is 11.4 Å². The van der Waals surface area contributed by atoms with E-state index in [2.05, 4.69) is 73.3 Å². The van der Waals surface area contributed by atoms with Crippen LogP contribution in [-0.4, -0.2) is 83.1 Å². The van der Waals surface area contributed by atoms with Gasteiger partial charge in [-0.2, -0.15) is 0 Å². The van der Waals surface area contributed by atoms with E-state index >= 15 is 0 Å². The molecule has 0 saturated carbocycles. The van der Waals surface area contributed by atoms with Crippen LogP contribution < -0.4 is 15.5 Å². The fraction of sp³-hybridized carbons (Fsp3) is 0.471. The maximum Gasteiger partial charge on any atom is 0.269 e. The minimum atomic E-state index is -0.570. The molecule has 2 N–H and O–H groups in total. The first kappa shape index (κ1) is 36.2. The van der Waals surface area contributed by atoms with Gasteiger partial charge in [-0.1, -0.05) is 0 Å². The zero-order chi connectivity index (χ0) is 34.1.